The Balaban J connectivity index is 2.39. The maximum absolute atomic E-state index is 4.49. The van der Waals surface area contributed by atoms with Crippen molar-refractivity contribution in [2.75, 3.05) is 13.6 Å². The van der Waals surface area contributed by atoms with Gasteiger partial charge in [0, 0.05) is 24.4 Å². The molecule has 0 fully saturated rings. The molecule has 0 spiro atoms. The minimum Gasteiger partial charge on any atom is -0.319 e. The Labute approximate surface area is 92.1 Å². The Morgan fingerprint density at radius 2 is 2.33 bits per heavy atom. The summed E-state index contributed by atoms with van der Waals surface area (Å²) in [7, 11) is 2.03. The van der Waals surface area contributed by atoms with E-state index in [9.17, 15) is 0 Å². The third-order valence-corrected chi connectivity index (χ3v) is 3.66. The zero-order valence-electron chi connectivity index (χ0n) is 9.88. The number of pyridine rings is 1. The molecule has 1 aliphatic rings. The van der Waals surface area contributed by atoms with Gasteiger partial charge in [-0.1, -0.05) is 19.9 Å². The number of fused-ring (bicyclic) bond motifs is 1. The number of nitrogens with one attached hydrogen (secondary N) is 1. The molecule has 2 heteroatoms. The van der Waals surface area contributed by atoms with Gasteiger partial charge in [-0.05, 0) is 36.9 Å². The van der Waals surface area contributed by atoms with Crippen molar-refractivity contribution in [1.82, 2.24) is 10.3 Å². The van der Waals surface area contributed by atoms with Crippen LogP contribution in [0.2, 0.25) is 0 Å². The van der Waals surface area contributed by atoms with E-state index in [0.717, 1.165) is 13.0 Å². The Morgan fingerprint density at radius 1 is 1.53 bits per heavy atom. The molecule has 1 aromatic rings. The highest BCUT2D eigenvalue weighted by Gasteiger charge is 2.35. The Hall–Kier alpha value is -0.890. The highest BCUT2D eigenvalue weighted by Crippen LogP contribution is 2.43. The van der Waals surface area contributed by atoms with E-state index in [1.165, 1.54) is 17.7 Å². The lowest BCUT2D eigenvalue weighted by molar-refractivity contribution is 0.239. The van der Waals surface area contributed by atoms with Gasteiger partial charge in [-0.25, -0.2) is 0 Å². The van der Waals surface area contributed by atoms with Crippen LogP contribution in [0.25, 0.3) is 0 Å². The standard InChI is InChI=1S/C13H20N2/c1-13(2)7-6-12-10(5-4-8-15-12)11(13)9-14-3/h4-5,8,11,14H,6-7,9H2,1-3H3. The topological polar surface area (TPSA) is 24.9 Å². The van der Waals surface area contributed by atoms with E-state index in [-0.39, 0.29) is 0 Å². The summed E-state index contributed by atoms with van der Waals surface area (Å²) >= 11 is 0. The van der Waals surface area contributed by atoms with E-state index in [2.05, 4.69) is 36.3 Å². The molecule has 1 atom stereocenters. The van der Waals surface area contributed by atoms with Crippen molar-refractivity contribution in [3.8, 4) is 0 Å². The third-order valence-electron chi connectivity index (χ3n) is 3.66. The van der Waals surface area contributed by atoms with Crippen LogP contribution in [0.5, 0.6) is 0 Å². The molecule has 0 saturated carbocycles. The number of aryl methyl sites for hydroxylation is 1. The van der Waals surface area contributed by atoms with Crippen LogP contribution in [-0.4, -0.2) is 18.6 Å². The molecular formula is C13H20N2. The second-order valence-electron chi connectivity index (χ2n) is 5.14. The summed E-state index contributed by atoms with van der Waals surface area (Å²) in [6, 6.07) is 4.30. The van der Waals surface area contributed by atoms with Gasteiger partial charge in [-0.3, -0.25) is 4.98 Å². The predicted octanol–water partition coefficient (Wildman–Crippen LogP) is 2.36. The number of aromatic nitrogens is 1. The molecule has 0 aliphatic heterocycles. The largest absolute Gasteiger partial charge is 0.319 e. The molecule has 1 aliphatic carbocycles. The van der Waals surface area contributed by atoms with Gasteiger partial charge < -0.3 is 5.32 Å². The van der Waals surface area contributed by atoms with Gasteiger partial charge >= 0.3 is 0 Å². The van der Waals surface area contributed by atoms with Crippen LogP contribution in [0.4, 0.5) is 0 Å². The fourth-order valence-electron chi connectivity index (χ4n) is 2.60. The highest BCUT2D eigenvalue weighted by atomic mass is 14.8. The smallest absolute Gasteiger partial charge is 0.0439 e. The van der Waals surface area contributed by atoms with Crippen LogP contribution < -0.4 is 5.32 Å². The van der Waals surface area contributed by atoms with Gasteiger partial charge in [0.2, 0.25) is 0 Å². The fraction of sp³-hybridized carbons (Fsp3) is 0.615. The molecule has 0 saturated heterocycles. The van der Waals surface area contributed by atoms with Gasteiger partial charge in [0.15, 0.2) is 0 Å². The normalized spacial score (nSPS) is 23.5. The van der Waals surface area contributed by atoms with Crippen LogP contribution in [0.15, 0.2) is 18.3 Å². The van der Waals surface area contributed by atoms with Gasteiger partial charge in [0.1, 0.15) is 0 Å². The molecule has 0 bridgehead atoms. The van der Waals surface area contributed by atoms with Crippen molar-refractivity contribution in [3.05, 3.63) is 29.6 Å². The van der Waals surface area contributed by atoms with Crippen molar-refractivity contribution in [3.63, 3.8) is 0 Å². The number of rotatable bonds is 2. The lowest BCUT2D eigenvalue weighted by Crippen LogP contribution is -2.34. The average Bonchev–Trinajstić information content (AvgIpc) is 2.23. The van der Waals surface area contributed by atoms with E-state index in [1.54, 1.807) is 0 Å². The van der Waals surface area contributed by atoms with Crippen molar-refractivity contribution in [2.45, 2.75) is 32.6 Å². The summed E-state index contributed by atoms with van der Waals surface area (Å²) < 4.78 is 0. The Bertz CT molecular complexity index is 344. The van der Waals surface area contributed by atoms with Gasteiger partial charge in [-0.2, -0.15) is 0 Å². The predicted molar refractivity (Wildman–Crippen MR) is 63.0 cm³/mol. The van der Waals surface area contributed by atoms with Crippen molar-refractivity contribution >= 4 is 0 Å². The zero-order chi connectivity index (χ0) is 10.9. The van der Waals surface area contributed by atoms with E-state index in [4.69, 9.17) is 0 Å². The molecule has 0 amide bonds. The molecule has 2 rings (SSSR count). The quantitative estimate of drug-likeness (QED) is 0.800. The molecule has 0 aromatic carbocycles. The molecule has 15 heavy (non-hydrogen) atoms. The zero-order valence-corrected chi connectivity index (χ0v) is 9.88. The summed E-state index contributed by atoms with van der Waals surface area (Å²) in [6.45, 7) is 5.78. The monoisotopic (exact) mass is 204 g/mol. The molecule has 1 heterocycles. The lowest BCUT2D eigenvalue weighted by Gasteiger charge is -2.39. The van der Waals surface area contributed by atoms with Crippen molar-refractivity contribution in [2.24, 2.45) is 5.41 Å². The molecule has 82 valence electrons. The summed E-state index contributed by atoms with van der Waals surface area (Å²) in [5.41, 5.74) is 3.14. The number of hydrogen-bond donors (Lipinski definition) is 1. The van der Waals surface area contributed by atoms with Crippen molar-refractivity contribution in [1.29, 1.82) is 0 Å². The molecular weight excluding hydrogens is 184 g/mol. The highest BCUT2D eigenvalue weighted by molar-refractivity contribution is 5.29. The average molecular weight is 204 g/mol. The summed E-state index contributed by atoms with van der Waals surface area (Å²) in [5.74, 6) is 0.597. The molecule has 2 nitrogen and oxygen atoms in total. The minimum absolute atomic E-state index is 0.388. The van der Waals surface area contributed by atoms with E-state index >= 15 is 0 Å². The fourth-order valence-corrected chi connectivity index (χ4v) is 2.60. The summed E-state index contributed by atoms with van der Waals surface area (Å²) in [6.07, 6.45) is 4.28. The minimum atomic E-state index is 0.388. The molecule has 0 radical (unpaired) electrons. The second kappa shape index (κ2) is 3.93. The number of nitrogens with zero attached hydrogens (tertiary/aromatic N) is 1. The second-order valence-corrected chi connectivity index (χ2v) is 5.14. The Kier molecular flexibility index (Phi) is 2.79. The Morgan fingerprint density at radius 3 is 3.07 bits per heavy atom. The first-order valence-electron chi connectivity index (χ1n) is 5.73. The third kappa shape index (κ3) is 1.91. The van der Waals surface area contributed by atoms with Gasteiger partial charge in [0.05, 0.1) is 0 Å². The summed E-state index contributed by atoms with van der Waals surface area (Å²) in [5, 5.41) is 3.31. The first-order valence-corrected chi connectivity index (χ1v) is 5.73. The summed E-state index contributed by atoms with van der Waals surface area (Å²) in [4.78, 5) is 4.49. The van der Waals surface area contributed by atoms with Gasteiger partial charge in [-0.15, -0.1) is 0 Å². The van der Waals surface area contributed by atoms with Crippen LogP contribution >= 0.6 is 0 Å². The van der Waals surface area contributed by atoms with E-state index in [1.807, 2.05) is 13.2 Å². The number of hydrogen-bond acceptors (Lipinski definition) is 2. The first kappa shape index (κ1) is 10.6. The van der Waals surface area contributed by atoms with Crippen LogP contribution in [-0.2, 0) is 6.42 Å². The molecule has 1 aromatic heterocycles. The SMILES string of the molecule is CNCC1c2cccnc2CCC1(C)C. The van der Waals surface area contributed by atoms with Crippen LogP contribution in [0.1, 0.15) is 37.4 Å². The van der Waals surface area contributed by atoms with Crippen LogP contribution in [0.3, 0.4) is 0 Å². The van der Waals surface area contributed by atoms with Crippen molar-refractivity contribution < 1.29 is 0 Å². The maximum atomic E-state index is 4.49. The van der Waals surface area contributed by atoms with Crippen LogP contribution in [0, 0.1) is 5.41 Å². The van der Waals surface area contributed by atoms with E-state index in [0.29, 0.717) is 11.3 Å². The molecule has 1 unspecified atom stereocenters. The number of likely N-dealkylation sites (N-methyl/N-ethyl adjacent to an activating group) is 1. The maximum Gasteiger partial charge on any atom is 0.0439 e. The van der Waals surface area contributed by atoms with E-state index < -0.39 is 0 Å². The molecule has 1 N–H and O–H groups in total. The lowest BCUT2D eigenvalue weighted by atomic mass is 9.67. The first-order chi connectivity index (χ1) is 7.15. The van der Waals surface area contributed by atoms with Gasteiger partial charge in [0.25, 0.3) is 0 Å².